The third-order valence-electron chi connectivity index (χ3n) is 4.92. The molecule has 2 N–H and O–H groups in total. The molecule has 0 atom stereocenters. The lowest BCUT2D eigenvalue weighted by Gasteiger charge is -2.31. The van der Waals surface area contributed by atoms with Crippen LogP contribution in [0.3, 0.4) is 0 Å². The number of phenolic OH excluding ortho intramolecular Hbond substituents is 1. The summed E-state index contributed by atoms with van der Waals surface area (Å²) in [5, 5.41) is 22.4. The second-order valence-electron chi connectivity index (χ2n) is 6.64. The van der Waals surface area contributed by atoms with Gasteiger partial charge in [-0.2, -0.15) is 0 Å². The fourth-order valence-electron chi connectivity index (χ4n) is 3.39. The van der Waals surface area contributed by atoms with E-state index in [9.17, 15) is 19.9 Å². The van der Waals surface area contributed by atoms with Gasteiger partial charge in [0.25, 0.3) is 0 Å². The van der Waals surface area contributed by atoms with Crippen LogP contribution in [0.2, 0.25) is 0 Å². The summed E-state index contributed by atoms with van der Waals surface area (Å²) in [6.07, 6.45) is 1.25. The van der Waals surface area contributed by atoms with Gasteiger partial charge in [-0.1, -0.05) is 0 Å². The van der Waals surface area contributed by atoms with Crippen LogP contribution in [0.1, 0.15) is 12.8 Å². The SMILES string of the molecule is O=Nc1c(O)ccc2c(=O)cc(-c3ccc(N4CCC(O)CC4)cc3)oc12. The maximum Gasteiger partial charge on any atom is 0.193 e. The third-order valence-corrected chi connectivity index (χ3v) is 4.92. The zero-order chi connectivity index (χ0) is 19.0. The molecule has 7 nitrogen and oxygen atoms in total. The monoisotopic (exact) mass is 366 g/mol. The van der Waals surface area contributed by atoms with Gasteiger partial charge < -0.3 is 19.5 Å². The van der Waals surface area contributed by atoms with E-state index in [0.29, 0.717) is 11.3 Å². The van der Waals surface area contributed by atoms with Crippen LogP contribution in [-0.4, -0.2) is 29.4 Å². The summed E-state index contributed by atoms with van der Waals surface area (Å²) in [5.41, 5.74) is 1.08. The summed E-state index contributed by atoms with van der Waals surface area (Å²) in [4.78, 5) is 25.6. The Balaban J connectivity index is 1.72. The fraction of sp³-hybridized carbons (Fsp3) is 0.250. The number of hydrogen-bond acceptors (Lipinski definition) is 7. The molecule has 1 aliphatic rings. The summed E-state index contributed by atoms with van der Waals surface area (Å²) in [6.45, 7) is 1.58. The van der Waals surface area contributed by atoms with E-state index in [1.165, 1.54) is 18.2 Å². The molecule has 1 aliphatic heterocycles. The highest BCUT2D eigenvalue weighted by molar-refractivity contribution is 5.91. The van der Waals surface area contributed by atoms with Crippen LogP contribution in [0, 0.1) is 4.91 Å². The molecule has 0 saturated carbocycles. The van der Waals surface area contributed by atoms with Gasteiger partial charge in [-0.05, 0) is 54.4 Å². The van der Waals surface area contributed by atoms with Crippen molar-refractivity contribution in [1.29, 1.82) is 0 Å². The molecule has 0 radical (unpaired) electrons. The standard InChI is InChI=1S/C20H18N2O5/c23-14-7-9-22(10-8-14)13-3-1-12(2-4-13)18-11-17(25)15-5-6-16(24)19(21-26)20(15)27-18/h1-6,11,14,23-24H,7-10H2. The number of phenols is 1. The van der Waals surface area contributed by atoms with Crippen LogP contribution in [0.5, 0.6) is 5.75 Å². The highest BCUT2D eigenvalue weighted by atomic mass is 16.3. The van der Waals surface area contributed by atoms with Crippen molar-refractivity contribution < 1.29 is 14.6 Å². The first-order valence-corrected chi connectivity index (χ1v) is 8.73. The van der Waals surface area contributed by atoms with E-state index in [2.05, 4.69) is 10.1 Å². The number of hydrogen-bond donors (Lipinski definition) is 2. The minimum absolute atomic E-state index is 0.0263. The lowest BCUT2D eigenvalue weighted by Crippen LogP contribution is -2.35. The minimum Gasteiger partial charge on any atom is -0.505 e. The van der Waals surface area contributed by atoms with Crippen molar-refractivity contribution >= 4 is 22.3 Å². The van der Waals surface area contributed by atoms with Gasteiger partial charge in [0, 0.05) is 30.4 Å². The smallest absolute Gasteiger partial charge is 0.193 e. The van der Waals surface area contributed by atoms with Crippen LogP contribution in [0.25, 0.3) is 22.3 Å². The Hall–Kier alpha value is -3.19. The normalized spacial score (nSPS) is 15.2. The summed E-state index contributed by atoms with van der Waals surface area (Å²) >= 11 is 0. The number of fused-ring (bicyclic) bond motifs is 1. The second-order valence-corrected chi connectivity index (χ2v) is 6.64. The van der Waals surface area contributed by atoms with E-state index < -0.39 is 0 Å². The Bertz CT molecular complexity index is 1050. The highest BCUT2D eigenvalue weighted by Gasteiger charge is 2.18. The van der Waals surface area contributed by atoms with Crippen LogP contribution in [0.15, 0.2) is 56.9 Å². The van der Waals surface area contributed by atoms with Crippen molar-refractivity contribution in [2.75, 3.05) is 18.0 Å². The van der Waals surface area contributed by atoms with Crippen molar-refractivity contribution in [2.45, 2.75) is 18.9 Å². The van der Waals surface area contributed by atoms with Crippen LogP contribution in [0.4, 0.5) is 11.4 Å². The zero-order valence-electron chi connectivity index (χ0n) is 14.5. The molecular weight excluding hydrogens is 348 g/mol. The minimum atomic E-state index is -0.333. The molecule has 2 heterocycles. The number of anilines is 1. The van der Waals surface area contributed by atoms with E-state index in [1.54, 1.807) is 0 Å². The molecule has 0 amide bonds. The van der Waals surface area contributed by atoms with Gasteiger partial charge >= 0.3 is 0 Å². The molecule has 4 rings (SSSR count). The summed E-state index contributed by atoms with van der Waals surface area (Å²) in [5.74, 6) is -0.0379. The molecule has 1 aromatic heterocycles. The predicted octanol–water partition coefficient (Wildman–Crippen LogP) is 3.52. The lowest BCUT2D eigenvalue weighted by molar-refractivity contribution is 0.145. The van der Waals surface area contributed by atoms with Crippen LogP contribution >= 0.6 is 0 Å². The van der Waals surface area contributed by atoms with Gasteiger partial charge in [0.1, 0.15) is 11.5 Å². The van der Waals surface area contributed by atoms with Crippen molar-refractivity contribution in [3.8, 4) is 17.1 Å². The number of aromatic hydroxyl groups is 1. The maximum atomic E-state index is 12.4. The van der Waals surface area contributed by atoms with Crippen molar-refractivity contribution in [1.82, 2.24) is 0 Å². The van der Waals surface area contributed by atoms with E-state index >= 15 is 0 Å². The number of aliphatic hydroxyl groups is 1. The topological polar surface area (TPSA) is 103 Å². The molecule has 3 aromatic rings. The largest absolute Gasteiger partial charge is 0.505 e. The van der Waals surface area contributed by atoms with Gasteiger partial charge in [0.15, 0.2) is 16.7 Å². The van der Waals surface area contributed by atoms with Crippen LogP contribution in [-0.2, 0) is 0 Å². The highest BCUT2D eigenvalue weighted by Crippen LogP contribution is 2.35. The number of aliphatic hydroxyl groups excluding tert-OH is 1. The summed E-state index contributed by atoms with van der Waals surface area (Å²) in [7, 11) is 0. The number of nitroso groups, excluding NO2 is 1. The van der Waals surface area contributed by atoms with E-state index in [1.807, 2.05) is 24.3 Å². The average Bonchev–Trinajstić information content (AvgIpc) is 2.68. The Morgan fingerprint density at radius 2 is 1.78 bits per heavy atom. The molecule has 0 bridgehead atoms. The molecule has 1 saturated heterocycles. The summed E-state index contributed by atoms with van der Waals surface area (Å²) in [6, 6.07) is 11.5. The molecule has 0 aliphatic carbocycles. The van der Waals surface area contributed by atoms with E-state index in [-0.39, 0.29) is 33.9 Å². The van der Waals surface area contributed by atoms with E-state index in [0.717, 1.165) is 31.6 Å². The number of nitrogens with zero attached hydrogens (tertiary/aromatic N) is 2. The average molecular weight is 366 g/mol. The number of piperidine rings is 1. The molecule has 0 unspecified atom stereocenters. The van der Waals surface area contributed by atoms with Gasteiger partial charge in [0.05, 0.1) is 11.5 Å². The molecule has 0 spiro atoms. The molecule has 27 heavy (non-hydrogen) atoms. The first kappa shape index (κ1) is 17.2. The van der Waals surface area contributed by atoms with Gasteiger partial charge in [-0.25, -0.2) is 0 Å². The Labute approximate surface area is 154 Å². The molecule has 7 heteroatoms. The molecule has 138 valence electrons. The third kappa shape index (κ3) is 3.17. The first-order valence-electron chi connectivity index (χ1n) is 8.73. The lowest BCUT2D eigenvalue weighted by atomic mass is 10.1. The second kappa shape index (κ2) is 6.85. The molecule has 2 aromatic carbocycles. The first-order chi connectivity index (χ1) is 13.1. The van der Waals surface area contributed by atoms with Crippen molar-refractivity contribution in [3.63, 3.8) is 0 Å². The predicted molar refractivity (Wildman–Crippen MR) is 102 cm³/mol. The van der Waals surface area contributed by atoms with Crippen molar-refractivity contribution in [3.05, 3.63) is 57.6 Å². The molecular formula is C20H18N2O5. The van der Waals surface area contributed by atoms with E-state index in [4.69, 9.17) is 4.42 Å². The van der Waals surface area contributed by atoms with Gasteiger partial charge in [-0.15, -0.1) is 4.91 Å². The van der Waals surface area contributed by atoms with Gasteiger partial charge in [-0.3, -0.25) is 4.79 Å². The number of rotatable bonds is 3. The summed E-state index contributed by atoms with van der Waals surface area (Å²) < 4.78 is 5.73. The molecule has 1 fully saturated rings. The zero-order valence-corrected chi connectivity index (χ0v) is 14.5. The van der Waals surface area contributed by atoms with Crippen LogP contribution < -0.4 is 10.3 Å². The van der Waals surface area contributed by atoms with Crippen molar-refractivity contribution in [2.24, 2.45) is 5.18 Å². The maximum absolute atomic E-state index is 12.4. The Kier molecular flexibility index (Phi) is 4.37. The quantitative estimate of drug-likeness (QED) is 0.688. The Morgan fingerprint density at radius 1 is 1.07 bits per heavy atom. The fourth-order valence-corrected chi connectivity index (χ4v) is 3.39. The number of benzene rings is 2. The van der Waals surface area contributed by atoms with Gasteiger partial charge in [0.2, 0.25) is 0 Å². The Morgan fingerprint density at radius 3 is 2.44 bits per heavy atom.